The summed E-state index contributed by atoms with van der Waals surface area (Å²) < 4.78 is 0. The maximum atomic E-state index is 11.3. The Balaban J connectivity index is 2.67. The summed E-state index contributed by atoms with van der Waals surface area (Å²) in [4.78, 5) is 11.3. The van der Waals surface area contributed by atoms with Crippen LogP contribution in [0.25, 0.3) is 0 Å². The fourth-order valence-corrected chi connectivity index (χ4v) is 4.04. The standard InChI is InChI=1S/C28H41NO3/c1-26(2,3)20-14-17(10-11-23(29)30)12-19(24(20)31)13-18-15-21(27(4,5)6)25(32)22(16-18)28(7,8)9/h12,14-16,31-32H,10-11,13H2,1-9H3,(H2,29,30). The molecule has 2 aromatic carbocycles. The molecule has 0 saturated heterocycles. The highest BCUT2D eigenvalue weighted by atomic mass is 16.3. The first-order chi connectivity index (χ1) is 14.4. The van der Waals surface area contributed by atoms with E-state index in [0.717, 1.165) is 33.4 Å². The predicted molar refractivity (Wildman–Crippen MR) is 133 cm³/mol. The minimum atomic E-state index is -0.333. The number of phenols is 2. The number of carbonyl (C=O) groups is 1. The van der Waals surface area contributed by atoms with Crippen molar-refractivity contribution in [3.05, 3.63) is 57.6 Å². The summed E-state index contributed by atoms with van der Waals surface area (Å²) in [5.74, 6) is 0.312. The van der Waals surface area contributed by atoms with Gasteiger partial charge in [-0.15, -0.1) is 0 Å². The zero-order chi connectivity index (χ0) is 24.6. The highest BCUT2D eigenvalue weighted by Gasteiger charge is 2.27. The van der Waals surface area contributed by atoms with E-state index < -0.39 is 0 Å². The van der Waals surface area contributed by atoms with Gasteiger partial charge in [0.2, 0.25) is 5.91 Å². The Morgan fingerprint density at radius 2 is 1.12 bits per heavy atom. The molecule has 0 aromatic heterocycles. The number of hydrogen-bond donors (Lipinski definition) is 3. The van der Waals surface area contributed by atoms with Crippen LogP contribution in [0.15, 0.2) is 24.3 Å². The molecule has 0 spiro atoms. The maximum absolute atomic E-state index is 11.3. The van der Waals surface area contributed by atoms with Crippen molar-refractivity contribution >= 4 is 5.91 Å². The molecule has 0 radical (unpaired) electrons. The summed E-state index contributed by atoms with van der Waals surface area (Å²) >= 11 is 0. The average molecular weight is 440 g/mol. The highest BCUT2D eigenvalue weighted by molar-refractivity contribution is 5.74. The van der Waals surface area contributed by atoms with E-state index in [1.807, 2.05) is 12.1 Å². The molecule has 4 heteroatoms. The number of rotatable bonds is 5. The molecular formula is C28H41NO3. The van der Waals surface area contributed by atoms with Crippen LogP contribution in [0, 0.1) is 0 Å². The van der Waals surface area contributed by atoms with Crippen LogP contribution in [0.1, 0.15) is 102 Å². The summed E-state index contributed by atoms with van der Waals surface area (Å²) in [6, 6.07) is 8.07. The summed E-state index contributed by atoms with van der Waals surface area (Å²) in [7, 11) is 0. The van der Waals surface area contributed by atoms with E-state index in [9.17, 15) is 15.0 Å². The predicted octanol–water partition coefficient (Wildman–Crippen LogP) is 6.00. The largest absolute Gasteiger partial charge is 0.507 e. The number of amides is 1. The fraction of sp³-hybridized carbons (Fsp3) is 0.536. The van der Waals surface area contributed by atoms with E-state index in [4.69, 9.17) is 5.73 Å². The van der Waals surface area contributed by atoms with Crippen LogP contribution in [-0.4, -0.2) is 16.1 Å². The quantitative estimate of drug-likeness (QED) is 0.534. The van der Waals surface area contributed by atoms with Crippen LogP contribution in [0.2, 0.25) is 0 Å². The highest BCUT2D eigenvalue weighted by Crippen LogP contribution is 2.41. The maximum Gasteiger partial charge on any atom is 0.217 e. The van der Waals surface area contributed by atoms with Gasteiger partial charge in [-0.25, -0.2) is 0 Å². The molecule has 0 fully saturated rings. The van der Waals surface area contributed by atoms with Crippen LogP contribution >= 0.6 is 0 Å². The lowest BCUT2D eigenvalue weighted by Crippen LogP contribution is -2.18. The molecule has 0 unspecified atom stereocenters. The van der Waals surface area contributed by atoms with Crippen molar-refractivity contribution in [2.75, 3.05) is 0 Å². The lowest BCUT2D eigenvalue weighted by Gasteiger charge is -2.28. The second-order valence-electron chi connectivity index (χ2n) is 12.1. The van der Waals surface area contributed by atoms with E-state index in [2.05, 4.69) is 74.4 Å². The SMILES string of the molecule is CC(C)(C)c1cc(CCC(N)=O)cc(Cc2cc(C(C)(C)C)c(O)c(C(C)(C)C)c2)c1O. The fourth-order valence-electron chi connectivity index (χ4n) is 4.04. The van der Waals surface area contributed by atoms with E-state index in [-0.39, 0.29) is 28.6 Å². The molecule has 0 aliphatic heterocycles. The molecule has 0 saturated carbocycles. The molecule has 0 bridgehead atoms. The van der Waals surface area contributed by atoms with Crippen molar-refractivity contribution in [2.45, 2.75) is 97.8 Å². The Hall–Kier alpha value is -2.49. The summed E-state index contributed by atoms with van der Waals surface area (Å²) in [6.45, 7) is 18.8. The number of aryl methyl sites for hydroxylation is 1. The monoisotopic (exact) mass is 439 g/mol. The zero-order valence-corrected chi connectivity index (χ0v) is 21.3. The number of primary amides is 1. The van der Waals surface area contributed by atoms with Gasteiger partial charge in [0, 0.05) is 12.8 Å². The Morgan fingerprint density at radius 1 is 0.719 bits per heavy atom. The van der Waals surface area contributed by atoms with Gasteiger partial charge in [0.1, 0.15) is 11.5 Å². The van der Waals surface area contributed by atoms with Crippen molar-refractivity contribution in [1.82, 2.24) is 0 Å². The summed E-state index contributed by atoms with van der Waals surface area (Å²) in [5, 5.41) is 22.2. The topological polar surface area (TPSA) is 83.6 Å². The van der Waals surface area contributed by atoms with E-state index in [1.165, 1.54) is 0 Å². The molecule has 0 aliphatic carbocycles. The Labute approximate surface area is 193 Å². The third-order valence-corrected chi connectivity index (χ3v) is 5.90. The lowest BCUT2D eigenvalue weighted by atomic mass is 9.77. The second-order valence-corrected chi connectivity index (χ2v) is 12.1. The first-order valence-electron chi connectivity index (χ1n) is 11.4. The third kappa shape index (κ3) is 6.05. The molecule has 4 N–H and O–H groups in total. The second kappa shape index (κ2) is 8.80. The molecule has 32 heavy (non-hydrogen) atoms. The summed E-state index contributed by atoms with van der Waals surface area (Å²) in [6.07, 6.45) is 1.35. The Kier molecular flexibility index (Phi) is 7.09. The zero-order valence-electron chi connectivity index (χ0n) is 21.3. The van der Waals surface area contributed by atoms with E-state index in [0.29, 0.717) is 24.3 Å². The average Bonchev–Trinajstić information content (AvgIpc) is 2.60. The number of benzene rings is 2. The molecule has 0 aliphatic rings. The van der Waals surface area contributed by atoms with Gasteiger partial charge in [0.25, 0.3) is 0 Å². The molecule has 2 rings (SSSR count). The van der Waals surface area contributed by atoms with E-state index in [1.54, 1.807) is 0 Å². The smallest absolute Gasteiger partial charge is 0.217 e. The van der Waals surface area contributed by atoms with E-state index >= 15 is 0 Å². The van der Waals surface area contributed by atoms with Crippen LogP contribution in [0.5, 0.6) is 11.5 Å². The van der Waals surface area contributed by atoms with Crippen LogP contribution in [0.3, 0.4) is 0 Å². The van der Waals surface area contributed by atoms with Gasteiger partial charge < -0.3 is 15.9 Å². The Bertz CT molecular complexity index is 964. The van der Waals surface area contributed by atoms with Crippen molar-refractivity contribution < 1.29 is 15.0 Å². The molecule has 0 atom stereocenters. The van der Waals surface area contributed by atoms with Gasteiger partial charge in [0.15, 0.2) is 0 Å². The summed E-state index contributed by atoms with van der Waals surface area (Å²) in [5.41, 5.74) is 10.2. The van der Waals surface area contributed by atoms with Crippen molar-refractivity contribution in [3.63, 3.8) is 0 Å². The van der Waals surface area contributed by atoms with Crippen LogP contribution in [-0.2, 0) is 33.9 Å². The van der Waals surface area contributed by atoms with Gasteiger partial charge in [-0.1, -0.05) is 86.6 Å². The first kappa shape index (κ1) is 25.8. The van der Waals surface area contributed by atoms with Crippen molar-refractivity contribution in [2.24, 2.45) is 5.73 Å². The molecule has 2 aromatic rings. The number of phenolic OH excluding ortho intramolecular Hbond substituents is 2. The lowest BCUT2D eigenvalue weighted by molar-refractivity contribution is -0.117. The molecular weight excluding hydrogens is 398 g/mol. The minimum Gasteiger partial charge on any atom is -0.507 e. The van der Waals surface area contributed by atoms with Gasteiger partial charge in [-0.3, -0.25) is 4.79 Å². The normalized spacial score (nSPS) is 12.8. The van der Waals surface area contributed by atoms with Gasteiger partial charge in [0.05, 0.1) is 0 Å². The van der Waals surface area contributed by atoms with Crippen LogP contribution in [0.4, 0.5) is 0 Å². The third-order valence-electron chi connectivity index (χ3n) is 5.90. The minimum absolute atomic E-state index is 0.220. The van der Waals surface area contributed by atoms with Crippen LogP contribution < -0.4 is 5.73 Å². The molecule has 1 amide bonds. The van der Waals surface area contributed by atoms with Gasteiger partial charge in [-0.05, 0) is 56.0 Å². The number of carbonyl (C=O) groups excluding carboxylic acids is 1. The molecule has 4 nitrogen and oxygen atoms in total. The molecule has 0 heterocycles. The number of hydrogen-bond acceptors (Lipinski definition) is 3. The number of nitrogens with two attached hydrogens (primary N) is 1. The van der Waals surface area contributed by atoms with Gasteiger partial charge >= 0.3 is 0 Å². The van der Waals surface area contributed by atoms with Crippen molar-refractivity contribution in [3.8, 4) is 11.5 Å². The molecule has 176 valence electrons. The van der Waals surface area contributed by atoms with Crippen molar-refractivity contribution in [1.29, 1.82) is 0 Å². The number of aromatic hydroxyl groups is 2. The first-order valence-corrected chi connectivity index (χ1v) is 11.4. The Morgan fingerprint density at radius 3 is 1.53 bits per heavy atom. The van der Waals surface area contributed by atoms with Gasteiger partial charge in [-0.2, -0.15) is 0 Å².